The summed E-state index contributed by atoms with van der Waals surface area (Å²) in [6.45, 7) is 0.868. The summed E-state index contributed by atoms with van der Waals surface area (Å²) in [5.41, 5.74) is 0.647. The second kappa shape index (κ2) is 7.86. The minimum absolute atomic E-state index is 0.272. The first-order valence-corrected chi connectivity index (χ1v) is 6.20. The van der Waals surface area contributed by atoms with Crippen molar-refractivity contribution in [2.45, 2.75) is 5.38 Å². The average molecular weight is 288 g/mol. The molecule has 0 fully saturated rings. The molecule has 0 radical (unpaired) electrons. The maximum atomic E-state index is 11.8. The number of nitrogens with one attached hydrogen (secondary N) is 1. The Labute approximate surface area is 117 Å². The minimum atomic E-state index is -0.781. The topological polar surface area (TPSA) is 56.8 Å². The van der Waals surface area contributed by atoms with Crippen LogP contribution in [-0.2, 0) is 9.53 Å². The summed E-state index contributed by atoms with van der Waals surface area (Å²) >= 11 is 6.11. The standard InChI is InChI=1S/C13H18ClNO4/c1-17-7-6-15-13(16)12(14)9-4-5-10(18-2)11(8-9)19-3/h4-5,8,12H,6-7H2,1-3H3,(H,15,16). The summed E-state index contributed by atoms with van der Waals surface area (Å²) in [4.78, 5) is 11.8. The Kier molecular flexibility index (Phi) is 6.45. The maximum Gasteiger partial charge on any atom is 0.242 e. The Morgan fingerprint density at radius 1 is 1.26 bits per heavy atom. The second-order valence-corrected chi connectivity index (χ2v) is 4.20. The van der Waals surface area contributed by atoms with Crippen molar-refractivity contribution in [3.63, 3.8) is 0 Å². The van der Waals surface area contributed by atoms with Crippen molar-refractivity contribution >= 4 is 17.5 Å². The molecule has 1 aromatic rings. The molecule has 0 heterocycles. The molecule has 0 aromatic heterocycles. The van der Waals surface area contributed by atoms with E-state index in [-0.39, 0.29) is 5.91 Å². The van der Waals surface area contributed by atoms with Crippen LogP contribution in [0, 0.1) is 0 Å². The number of halogens is 1. The Morgan fingerprint density at radius 3 is 2.53 bits per heavy atom. The number of benzene rings is 1. The number of rotatable bonds is 7. The SMILES string of the molecule is COCCNC(=O)C(Cl)c1ccc(OC)c(OC)c1. The summed E-state index contributed by atoms with van der Waals surface area (Å²) in [7, 11) is 4.65. The number of methoxy groups -OCH3 is 3. The van der Waals surface area contributed by atoms with Gasteiger partial charge in [-0.3, -0.25) is 4.79 Å². The summed E-state index contributed by atoms with van der Waals surface area (Å²) in [5.74, 6) is 0.858. The molecule has 0 aliphatic rings. The molecule has 106 valence electrons. The molecule has 0 bridgehead atoms. The molecule has 0 aliphatic heterocycles. The number of carbonyl (C=O) groups excluding carboxylic acids is 1. The van der Waals surface area contributed by atoms with Crippen molar-refractivity contribution in [3.8, 4) is 11.5 Å². The maximum absolute atomic E-state index is 11.8. The van der Waals surface area contributed by atoms with E-state index >= 15 is 0 Å². The Bertz CT molecular complexity index is 425. The fourth-order valence-corrected chi connectivity index (χ4v) is 1.74. The van der Waals surface area contributed by atoms with Gasteiger partial charge in [0.2, 0.25) is 5.91 Å². The Balaban J connectivity index is 2.76. The van der Waals surface area contributed by atoms with E-state index in [0.29, 0.717) is 30.2 Å². The molecular weight excluding hydrogens is 270 g/mol. The van der Waals surface area contributed by atoms with Crippen LogP contribution in [-0.4, -0.2) is 40.4 Å². The van der Waals surface area contributed by atoms with E-state index in [2.05, 4.69) is 5.32 Å². The monoisotopic (exact) mass is 287 g/mol. The molecule has 0 saturated heterocycles. The zero-order valence-corrected chi connectivity index (χ0v) is 12.0. The van der Waals surface area contributed by atoms with E-state index in [9.17, 15) is 4.79 Å². The van der Waals surface area contributed by atoms with E-state index in [1.54, 1.807) is 32.4 Å². The van der Waals surface area contributed by atoms with Crippen molar-refractivity contribution in [1.82, 2.24) is 5.32 Å². The van der Waals surface area contributed by atoms with Gasteiger partial charge in [-0.15, -0.1) is 11.6 Å². The normalized spacial score (nSPS) is 11.8. The van der Waals surface area contributed by atoms with Crippen LogP contribution in [0.25, 0.3) is 0 Å². The molecule has 1 N–H and O–H groups in total. The highest BCUT2D eigenvalue weighted by Crippen LogP contribution is 2.32. The largest absolute Gasteiger partial charge is 0.493 e. The van der Waals surface area contributed by atoms with Gasteiger partial charge in [0.05, 0.1) is 20.8 Å². The van der Waals surface area contributed by atoms with Crippen LogP contribution in [0.15, 0.2) is 18.2 Å². The predicted molar refractivity (Wildman–Crippen MR) is 73.0 cm³/mol. The number of hydrogen-bond donors (Lipinski definition) is 1. The lowest BCUT2D eigenvalue weighted by atomic mass is 10.1. The van der Waals surface area contributed by atoms with Gasteiger partial charge in [-0.2, -0.15) is 0 Å². The van der Waals surface area contributed by atoms with Crippen molar-refractivity contribution in [3.05, 3.63) is 23.8 Å². The molecule has 1 aromatic carbocycles. The molecule has 6 heteroatoms. The van der Waals surface area contributed by atoms with Crippen molar-refractivity contribution < 1.29 is 19.0 Å². The van der Waals surface area contributed by atoms with Crippen LogP contribution in [0.1, 0.15) is 10.9 Å². The number of alkyl halides is 1. The van der Waals surface area contributed by atoms with Gasteiger partial charge in [0.1, 0.15) is 5.38 Å². The van der Waals surface area contributed by atoms with Crippen molar-refractivity contribution in [1.29, 1.82) is 0 Å². The van der Waals surface area contributed by atoms with Crippen LogP contribution >= 0.6 is 11.6 Å². The highest BCUT2D eigenvalue weighted by molar-refractivity contribution is 6.30. The smallest absolute Gasteiger partial charge is 0.242 e. The first kappa shape index (κ1) is 15.6. The minimum Gasteiger partial charge on any atom is -0.493 e. The van der Waals surface area contributed by atoms with E-state index in [0.717, 1.165) is 0 Å². The van der Waals surface area contributed by atoms with Crippen LogP contribution < -0.4 is 14.8 Å². The summed E-state index contributed by atoms with van der Waals surface area (Å²) in [6, 6.07) is 5.13. The molecule has 1 atom stereocenters. The molecule has 0 aliphatic carbocycles. The van der Waals surface area contributed by atoms with E-state index in [4.69, 9.17) is 25.8 Å². The highest BCUT2D eigenvalue weighted by Gasteiger charge is 2.19. The van der Waals surface area contributed by atoms with Gasteiger partial charge in [0.15, 0.2) is 11.5 Å². The van der Waals surface area contributed by atoms with Crippen LogP contribution in [0.5, 0.6) is 11.5 Å². The number of hydrogen-bond acceptors (Lipinski definition) is 4. The van der Waals surface area contributed by atoms with Gasteiger partial charge < -0.3 is 19.5 Å². The van der Waals surface area contributed by atoms with Crippen LogP contribution in [0.3, 0.4) is 0 Å². The fraction of sp³-hybridized carbons (Fsp3) is 0.462. The van der Waals surface area contributed by atoms with Crippen molar-refractivity contribution in [2.24, 2.45) is 0 Å². The number of carbonyl (C=O) groups is 1. The molecule has 19 heavy (non-hydrogen) atoms. The first-order valence-electron chi connectivity index (χ1n) is 5.76. The third kappa shape index (κ3) is 4.29. The van der Waals surface area contributed by atoms with E-state index < -0.39 is 5.38 Å². The average Bonchev–Trinajstić information content (AvgIpc) is 2.45. The summed E-state index contributed by atoms with van der Waals surface area (Å²) in [6.07, 6.45) is 0. The third-order valence-electron chi connectivity index (χ3n) is 2.54. The Hall–Kier alpha value is -1.46. The quantitative estimate of drug-likeness (QED) is 0.613. The second-order valence-electron chi connectivity index (χ2n) is 3.76. The third-order valence-corrected chi connectivity index (χ3v) is 2.99. The summed E-state index contributed by atoms with van der Waals surface area (Å²) < 4.78 is 15.1. The van der Waals surface area contributed by atoms with E-state index in [1.165, 1.54) is 7.11 Å². The number of amides is 1. The fourth-order valence-electron chi connectivity index (χ4n) is 1.53. The molecule has 0 saturated carbocycles. The zero-order chi connectivity index (χ0) is 14.3. The molecule has 1 amide bonds. The molecule has 1 unspecified atom stereocenters. The first-order chi connectivity index (χ1) is 9.13. The lowest BCUT2D eigenvalue weighted by Gasteiger charge is -2.13. The summed E-state index contributed by atoms with van der Waals surface area (Å²) in [5, 5.41) is 1.90. The van der Waals surface area contributed by atoms with Crippen LogP contribution in [0.2, 0.25) is 0 Å². The molecule has 5 nitrogen and oxygen atoms in total. The van der Waals surface area contributed by atoms with Gasteiger partial charge >= 0.3 is 0 Å². The van der Waals surface area contributed by atoms with Crippen molar-refractivity contribution in [2.75, 3.05) is 34.5 Å². The lowest BCUT2D eigenvalue weighted by Crippen LogP contribution is -2.29. The number of ether oxygens (including phenoxy) is 3. The van der Waals surface area contributed by atoms with Gasteiger partial charge in [0, 0.05) is 13.7 Å². The van der Waals surface area contributed by atoms with Gasteiger partial charge in [-0.25, -0.2) is 0 Å². The van der Waals surface area contributed by atoms with Crippen LogP contribution in [0.4, 0.5) is 0 Å². The zero-order valence-electron chi connectivity index (χ0n) is 11.2. The molecular formula is C13H18ClNO4. The van der Waals surface area contributed by atoms with E-state index in [1.807, 2.05) is 0 Å². The predicted octanol–water partition coefficient (Wildman–Crippen LogP) is 1.75. The Morgan fingerprint density at radius 2 is 1.95 bits per heavy atom. The molecule has 0 spiro atoms. The van der Waals surface area contributed by atoms with Gasteiger partial charge in [-0.1, -0.05) is 6.07 Å². The molecule has 1 rings (SSSR count). The van der Waals surface area contributed by atoms with Gasteiger partial charge in [-0.05, 0) is 17.7 Å². The lowest BCUT2D eigenvalue weighted by molar-refractivity contribution is -0.121. The highest BCUT2D eigenvalue weighted by atomic mass is 35.5. The van der Waals surface area contributed by atoms with Gasteiger partial charge in [0.25, 0.3) is 0 Å².